The number of hydrogen-bond acceptors (Lipinski definition) is 5. The molecule has 0 radical (unpaired) electrons. The van der Waals surface area contributed by atoms with E-state index in [0.29, 0.717) is 25.9 Å². The highest BCUT2D eigenvalue weighted by Crippen LogP contribution is 2.23. The Bertz CT molecular complexity index is 740. The summed E-state index contributed by atoms with van der Waals surface area (Å²) >= 11 is 0. The second-order valence-corrected chi connectivity index (χ2v) is 6.45. The van der Waals surface area contributed by atoms with Crippen molar-refractivity contribution in [3.8, 4) is 0 Å². The highest BCUT2D eigenvalue weighted by Gasteiger charge is 2.20. The van der Waals surface area contributed by atoms with Gasteiger partial charge in [0.25, 0.3) is 6.47 Å². The zero-order chi connectivity index (χ0) is 19.6. The lowest BCUT2D eigenvalue weighted by atomic mass is 9.94. The minimum absolute atomic E-state index is 0.0269. The molecule has 2 aromatic rings. The Morgan fingerprint density at radius 2 is 2.07 bits per heavy atom. The van der Waals surface area contributed by atoms with Gasteiger partial charge in [-0.3, -0.25) is 14.7 Å². The molecule has 148 valence electrons. The lowest BCUT2D eigenvalue weighted by Crippen LogP contribution is -2.33. The molecule has 9 heteroatoms. The fourth-order valence-corrected chi connectivity index (χ4v) is 3.28. The smallest absolute Gasteiger partial charge is 0.290 e. The minimum Gasteiger partial charge on any atom is -0.483 e. The number of carbonyl (C=O) groups excluding carboxylic acids is 1. The minimum atomic E-state index is -0.250. The summed E-state index contributed by atoms with van der Waals surface area (Å²) in [5, 5.41) is 23.7. The fraction of sp³-hybridized carbons (Fsp3) is 0.556. The average molecular weight is 377 g/mol. The summed E-state index contributed by atoms with van der Waals surface area (Å²) in [6, 6.07) is 0. The summed E-state index contributed by atoms with van der Waals surface area (Å²) in [7, 11) is 0. The SMILES string of the molecule is Cc1[nH]cnc1CN(CCO)C(=O)CCc1n[nH]c2c1CCCC2.O=CO. The number of aryl methyl sites for hydroxylation is 3. The predicted octanol–water partition coefficient (Wildman–Crippen LogP) is 0.975. The molecular weight excluding hydrogens is 350 g/mol. The van der Waals surface area contributed by atoms with E-state index in [2.05, 4.69) is 20.2 Å². The van der Waals surface area contributed by atoms with Crippen LogP contribution in [0.2, 0.25) is 0 Å². The van der Waals surface area contributed by atoms with E-state index in [1.165, 1.54) is 24.1 Å². The maximum Gasteiger partial charge on any atom is 0.290 e. The van der Waals surface area contributed by atoms with Crippen LogP contribution in [0.25, 0.3) is 0 Å². The molecule has 0 unspecified atom stereocenters. The zero-order valence-corrected chi connectivity index (χ0v) is 15.6. The number of hydrogen-bond donors (Lipinski definition) is 4. The summed E-state index contributed by atoms with van der Waals surface area (Å²) in [4.78, 5) is 29.9. The summed E-state index contributed by atoms with van der Waals surface area (Å²) in [5.41, 5.74) is 5.37. The molecule has 0 saturated carbocycles. The molecule has 0 fully saturated rings. The van der Waals surface area contributed by atoms with Crippen molar-refractivity contribution >= 4 is 12.4 Å². The van der Waals surface area contributed by atoms with E-state index in [0.717, 1.165) is 29.9 Å². The Hall–Kier alpha value is -2.68. The van der Waals surface area contributed by atoms with Crippen LogP contribution in [0.15, 0.2) is 6.33 Å². The number of aromatic nitrogens is 4. The number of aliphatic hydroxyl groups is 1. The van der Waals surface area contributed by atoms with Crippen LogP contribution in [0, 0.1) is 6.92 Å². The Balaban J connectivity index is 0.000000817. The normalized spacial score (nSPS) is 12.7. The number of carboxylic acid groups (broad SMARTS) is 1. The van der Waals surface area contributed by atoms with Gasteiger partial charge in [-0.2, -0.15) is 5.10 Å². The molecule has 9 nitrogen and oxygen atoms in total. The molecule has 0 atom stereocenters. The van der Waals surface area contributed by atoms with Crippen LogP contribution in [0.5, 0.6) is 0 Å². The fourth-order valence-electron chi connectivity index (χ4n) is 3.28. The van der Waals surface area contributed by atoms with Crippen LogP contribution in [0.1, 0.15) is 47.6 Å². The highest BCUT2D eigenvalue weighted by molar-refractivity contribution is 5.76. The zero-order valence-electron chi connectivity index (χ0n) is 15.6. The van der Waals surface area contributed by atoms with Gasteiger partial charge in [0.15, 0.2) is 0 Å². The summed E-state index contributed by atoms with van der Waals surface area (Å²) in [6.45, 7) is 2.38. The van der Waals surface area contributed by atoms with Gasteiger partial charge in [-0.25, -0.2) is 4.98 Å². The third-order valence-corrected chi connectivity index (χ3v) is 4.72. The molecule has 2 aromatic heterocycles. The third kappa shape index (κ3) is 5.65. The molecule has 2 heterocycles. The number of aliphatic hydroxyl groups excluding tert-OH is 1. The van der Waals surface area contributed by atoms with Crippen LogP contribution in [-0.4, -0.2) is 60.8 Å². The van der Waals surface area contributed by atoms with E-state index in [9.17, 15) is 9.90 Å². The first-order valence-corrected chi connectivity index (χ1v) is 9.11. The second-order valence-electron chi connectivity index (χ2n) is 6.45. The largest absolute Gasteiger partial charge is 0.483 e. The molecular formula is C18H27N5O4. The van der Waals surface area contributed by atoms with Gasteiger partial charge in [-0.1, -0.05) is 0 Å². The Kier molecular flexibility index (Phi) is 8.00. The second kappa shape index (κ2) is 10.5. The average Bonchev–Trinajstić information content (AvgIpc) is 3.26. The quantitative estimate of drug-likeness (QED) is 0.531. The first kappa shape index (κ1) is 20.6. The topological polar surface area (TPSA) is 135 Å². The van der Waals surface area contributed by atoms with Crippen molar-refractivity contribution in [1.82, 2.24) is 25.1 Å². The van der Waals surface area contributed by atoms with Crippen molar-refractivity contribution in [1.29, 1.82) is 0 Å². The third-order valence-electron chi connectivity index (χ3n) is 4.72. The van der Waals surface area contributed by atoms with Crippen molar-refractivity contribution in [2.24, 2.45) is 0 Å². The molecule has 0 aliphatic heterocycles. The van der Waals surface area contributed by atoms with Gasteiger partial charge >= 0.3 is 0 Å². The van der Waals surface area contributed by atoms with Crippen LogP contribution >= 0.6 is 0 Å². The van der Waals surface area contributed by atoms with E-state index in [1.807, 2.05) is 6.92 Å². The molecule has 1 aliphatic rings. The number of imidazole rings is 1. The Morgan fingerprint density at radius 1 is 1.33 bits per heavy atom. The van der Waals surface area contributed by atoms with E-state index >= 15 is 0 Å². The first-order chi connectivity index (χ1) is 13.1. The number of rotatable bonds is 7. The van der Waals surface area contributed by atoms with Crippen molar-refractivity contribution < 1.29 is 19.8 Å². The lowest BCUT2D eigenvalue weighted by molar-refractivity contribution is -0.132. The number of H-pyrrole nitrogens is 2. The van der Waals surface area contributed by atoms with Crippen molar-refractivity contribution in [2.45, 2.75) is 52.0 Å². The van der Waals surface area contributed by atoms with Gasteiger partial charge in [0.2, 0.25) is 5.91 Å². The summed E-state index contributed by atoms with van der Waals surface area (Å²) in [6.07, 6.45) is 7.20. The molecule has 4 N–H and O–H groups in total. The number of nitrogens with one attached hydrogen (secondary N) is 2. The van der Waals surface area contributed by atoms with Gasteiger partial charge < -0.3 is 20.1 Å². The molecule has 27 heavy (non-hydrogen) atoms. The van der Waals surface area contributed by atoms with Crippen LogP contribution in [0.4, 0.5) is 0 Å². The number of nitrogens with zero attached hydrogens (tertiary/aromatic N) is 3. The van der Waals surface area contributed by atoms with E-state index in [-0.39, 0.29) is 19.0 Å². The van der Waals surface area contributed by atoms with Crippen molar-refractivity contribution in [3.63, 3.8) is 0 Å². The van der Waals surface area contributed by atoms with E-state index in [1.54, 1.807) is 11.2 Å². The molecule has 1 amide bonds. The Morgan fingerprint density at radius 3 is 2.74 bits per heavy atom. The maximum absolute atomic E-state index is 12.6. The molecule has 3 rings (SSSR count). The first-order valence-electron chi connectivity index (χ1n) is 9.11. The van der Waals surface area contributed by atoms with Crippen molar-refractivity contribution in [3.05, 3.63) is 34.7 Å². The summed E-state index contributed by atoms with van der Waals surface area (Å²) in [5.74, 6) is 0.0269. The molecule has 0 saturated heterocycles. The predicted molar refractivity (Wildman–Crippen MR) is 98.1 cm³/mol. The molecule has 0 spiro atoms. The molecule has 1 aliphatic carbocycles. The standard InChI is InChI=1S/C17H25N5O2.CH2O2/c1-12-16(19-11-18-12)10-22(8-9-23)17(24)7-6-15-13-4-2-3-5-14(13)20-21-15;2-1-3/h11,23H,2-10H2,1H3,(H,18,19)(H,20,21);1H,(H,2,3). The maximum atomic E-state index is 12.6. The van der Waals surface area contributed by atoms with Gasteiger partial charge in [0.05, 0.1) is 30.9 Å². The monoisotopic (exact) mass is 377 g/mol. The van der Waals surface area contributed by atoms with Crippen LogP contribution in [0.3, 0.4) is 0 Å². The van der Waals surface area contributed by atoms with Gasteiger partial charge in [-0.05, 0) is 38.2 Å². The van der Waals surface area contributed by atoms with E-state index < -0.39 is 0 Å². The highest BCUT2D eigenvalue weighted by atomic mass is 16.3. The van der Waals surface area contributed by atoms with E-state index in [4.69, 9.17) is 9.90 Å². The number of fused-ring (bicyclic) bond motifs is 1. The number of carbonyl (C=O) groups is 2. The van der Waals surface area contributed by atoms with Crippen LogP contribution < -0.4 is 0 Å². The molecule has 0 aromatic carbocycles. The Labute approximate surface area is 157 Å². The lowest BCUT2D eigenvalue weighted by Gasteiger charge is -2.21. The van der Waals surface area contributed by atoms with Crippen molar-refractivity contribution in [2.75, 3.05) is 13.2 Å². The van der Waals surface area contributed by atoms with Gasteiger partial charge in [0, 0.05) is 30.8 Å². The number of aromatic amines is 2. The van der Waals surface area contributed by atoms with Gasteiger partial charge in [0.1, 0.15) is 0 Å². The van der Waals surface area contributed by atoms with Gasteiger partial charge in [-0.15, -0.1) is 0 Å². The van der Waals surface area contributed by atoms with Crippen LogP contribution in [-0.2, 0) is 35.4 Å². The summed E-state index contributed by atoms with van der Waals surface area (Å²) < 4.78 is 0. The molecule has 0 bridgehead atoms. The number of amides is 1.